The van der Waals surface area contributed by atoms with Crippen LogP contribution in [0.2, 0.25) is 0 Å². The summed E-state index contributed by atoms with van der Waals surface area (Å²) in [6, 6.07) is 3.83. The number of aliphatic hydroxyl groups excluding tert-OH is 1. The van der Waals surface area contributed by atoms with E-state index < -0.39 is 18.4 Å². The van der Waals surface area contributed by atoms with E-state index in [1.807, 2.05) is 0 Å². The van der Waals surface area contributed by atoms with Crippen molar-refractivity contribution in [3.05, 3.63) is 33.9 Å². The molecule has 1 saturated carbocycles. The van der Waals surface area contributed by atoms with Crippen LogP contribution in [0.1, 0.15) is 49.9 Å². The average Bonchev–Trinajstić information content (AvgIpc) is 2.74. The van der Waals surface area contributed by atoms with Crippen molar-refractivity contribution in [3.8, 4) is 0 Å². The third kappa shape index (κ3) is 5.02. The first-order valence-electron chi connectivity index (χ1n) is 7.47. The molecule has 1 aromatic carbocycles. The Hall–Kier alpha value is -0.920. The monoisotopic (exact) mass is 361 g/mol. The molecule has 7 nitrogen and oxygen atoms in total. The van der Waals surface area contributed by atoms with Crippen LogP contribution in [0.25, 0.3) is 0 Å². The number of hydrogen-bond acceptors (Lipinski definition) is 5. The van der Waals surface area contributed by atoms with Gasteiger partial charge in [0.25, 0.3) is 5.69 Å². The van der Waals surface area contributed by atoms with Gasteiger partial charge >= 0.3 is 7.60 Å². The molecule has 1 aliphatic rings. The topological polar surface area (TPSA) is 121 Å². The van der Waals surface area contributed by atoms with Crippen molar-refractivity contribution in [2.75, 3.05) is 0 Å². The summed E-state index contributed by atoms with van der Waals surface area (Å²) in [5.41, 5.74) is -0.362. The summed E-state index contributed by atoms with van der Waals surface area (Å²) in [7, 11) is -4.80. The van der Waals surface area contributed by atoms with Gasteiger partial charge in [0.15, 0.2) is 5.85 Å². The third-order valence-electron chi connectivity index (χ3n) is 3.90. The molecule has 1 fully saturated rings. The van der Waals surface area contributed by atoms with Gasteiger partial charge in [-0.25, -0.2) is 0 Å². The lowest BCUT2D eigenvalue weighted by molar-refractivity contribution is -0.385. The predicted molar refractivity (Wildman–Crippen MR) is 87.4 cm³/mol. The molecule has 1 atom stereocenters. The SMILES string of the molecule is O=[N+]([O-])c1ccc(SC2CCCCCC2)c(C(O)P(=O)(O)O)c1. The molecule has 0 aliphatic heterocycles. The predicted octanol–water partition coefficient (Wildman–Crippen LogP) is 3.58. The highest BCUT2D eigenvalue weighted by molar-refractivity contribution is 8.00. The Bertz CT molecular complexity index is 611. The molecule has 9 heteroatoms. The maximum absolute atomic E-state index is 11.4. The molecular weight excluding hydrogens is 341 g/mol. The largest absolute Gasteiger partial charge is 0.376 e. The van der Waals surface area contributed by atoms with Gasteiger partial charge in [-0.2, -0.15) is 0 Å². The number of rotatable bonds is 5. The molecule has 128 valence electrons. The number of nitrogens with zero attached hydrogens (tertiary/aromatic N) is 1. The molecule has 3 N–H and O–H groups in total. The van der Waals surface area contributed by atoms with Gasteiger partial charge in [0.1, 0.15) is 0 Å². The van der Waals surface area contributed by atoms with Crippen molar-refractivity contribution in [2.45, 2.75) is 54.5 Å². The second kappa shape index (κ2) is 7.77. The number of benzene rings is 1. The molecule has 0 saturated heterocycles. The summed E-state index contributed by atoms with van der Waals surface area (Å²) >= 11 is 1.44. The number of thioether (sulfide) groups is 1. The van der Waals surface area contributed by atoms with Crippen LogP contribution < -0.4 is 0 Å². The first-order chi connectivity index (χ1) is 10.8. The summed E-state index contributed by atoms with van der Waals surface area (Å²) < 4.78 is 11.4. The summed E-state index contributed by atoms with van der Waals surface area (Å²) in [6.07, 6.45) is 6.53. The summed E-state index contributed by atoms with van der Waals surface area (Å²) in [5, 5.41) is 21.1. The summed E-state index contributed by atoms with van der Waals surface area (Å²) in [4.78, 5) is 29.2. The molecule has 23 heavy (non-hydrogen) atoms. The first-order valence-corrected chi connectivity index (χ1v) is 10.0. The Morgan fingerprint density at radius 1 is 1.22 bits per heavy atom. The zero-order valence-electron chi connectivity index (χ0n) is 12.5. The van der Waals surface area contributed by atoms with Gasteiger partial charge in [-0.1, -0.05) is 25.7 Å². The number of non-ortho nitro benzene ring substituents is 1. The Labute approximate surface area is 138 Å². The smallest absolute Gasteiger partial charge is 0.358 e. The van der Waals surface area contributed by atoms with Crippen molar-refractivity contribution < 1.29 is 24.4 Å². The summed E-state index contributed by atoms with van der Waals surface area (Å²) in [5.74, 6) is -2.05. The van der Waals surface area contributed by atoms with E-state index >= 15 is 0 Å². The fourth-order valence-electron chi connectivity index (χ4n) is 2.68. The van der Waals surface area contributed by atoms with E-state index in [1.54, 1.807) is 0 Å². The van der Waals surface area contributed by atoms with E-state index in [0.29, 0.717) is 10.1 Å². The van der Waals surface area contributed by atoms with Gasteiger partial charge < -0.3 is 14.9 Å². The van der Waals surface area contributed by atoms with Crippen LogP contribution in [0.5, 0.6) is 0 Å². The minimum atomic E-state index is -4.80. The molecule has 0 heterocycles. The maximum Gasteiger partial charge on any atom is 0.358 e. The minimum Gasteiger partial charge on any atom is -0.376 e. The van der Waals surface area contributed by atoms with Crippen LogP contribution in [-0.2, 0) is 4.57 Å². The molecule has 0 bridgehead atoms. The van der Waals surface area contributed by atoms with Crippen molar-refractivity contribution in [3.63, 3.8) is 0 Å². The third-order valence-corrected chi connectivity index (χ3v) is 6.24. The van der Waals surface area contributed by atoms with Gasteiger partial charge in [0, 0.05) is 27.8 Å². The highest BCUT2D eigenvalue weighted by atomic mass is 32.2. The van der Waals surface area contributed by atoms with Gasteiger partial charge in [-0.15, -0.1) is 11.8 Å². The van der Waals surface area contributed by atoms with Crippen molar-refractivity contribution >= 4 is 25.0 Å². The Morgan fingerprint density at radius 2 is 1.83 bits per heavy atom. The van der Waals surface area contributed by atoms with E-state index in [4.69, 9.17) is 0 Å². The van der Waals surface area contributed by atoms with E-state index in [0.717, 1.165) is 31.7 Å². The van der Waals surface area contributed by atoms with Crippen molar-refractivity contribution in [2.24, 2.45) is 0 Å². The second-order valence-electron chi connectivity index (χ2n) is 5.67. The van der Waals surface area contributed by atoms with Gasteiger partial charge in [0.2, 0.25) is 0 Å². The molecule has 1 unspecified atom stereocenters. The lowest BCUT2D eigenvalue weighted by Crippen LogP contribution is -2.05. The maximum atomic E-state index is 11.4. The van der Waals surface area contributed by atoms with E-state index in [9.17, 15) is 29.6 Å². The van der Waals surface area contributed by atoms with E-state index in [1.165, 1.54) is 36.7 Å². The highest BCUT2D eigenvalue weighted by Crippen LogP contribution is 2.52. The Morgan fingerprint density at radius 3 is 2.35 bits per heavy atom. The van der Waals surface area contributed by atoms with E-state index in [-0.39, 0.29) is 11.3 Å². The molecule has 2 rings (SSSR count). The van der Waals surface area contributed by atoms with Gasteiger partial charge in [-0.05, 0) is 18.9 Å². The lowest BCUT2D eigenvalue weighted by atomic mass is 10.2. The number of hydrogen-bond donors (Lipinski definition) is 3. The zero-order chi connectivity index (χ0) is 17.0. The van der Waals surface area contributed by atoms with E-state index in [2.05, 4.69) is 0 Å². The van der Waals surface area contributed by atoms with Crippen LogP contribution in [0.3, 0.4) is 0 Å². The zero-order valence-corrected chi connectivity index (χ0v) is 14.2. The van der Waals surface area contributed by atoms with Crippen LogP contribution in [0.15, 0.2) is 23.1 Å². The molecule has 1 aromatic rings. The standard InChI is InChI=1S/C14H20NO6PS/c16-14(22(19,20)21)12-9-10(15(17)18)7-8-13(12)23-11-5-3-1-2-4-6-11/h7-9,11,14,16H,1-6H2,(H2,19,20,21). The molecule has 0 spiro atoms. The number of nitro benzene ring substituents is 1. The van der Waals surface area contributed by atoms with Gasteiger partial charge in [-0.3, -0.25) is 14.7 Å². The van der Waals surface area contributed by atoms with Crippen LogP contribution in [0.4, 0.5) is 5.69 Å². The second-order valence-corrected chi connectivity index (χ2v) is 8.68. The molecule has 0 amide bonds. The molecule has 1 aliphatic carbocycles. The normalized spacial score (nSPS) is 18.4. The van der Waals surface area contributed by atoms with Gasteiger partial charge in [0.05, 0.1) is 4.92 Å². The van der Waals surface area contributed by atoms with Crippen LogP contribution in [0, 0.1) is 10.1 Å². The Balaban J connectivity index is 2.33. The fourth-order valence-corrected chi connectivity index (χ4v) is 4.72. The quantitative estimate of drug-likeness (QED) is 0.317. The molecule has 0 aromatic heterocycles. The van der Waals surface area contributed by atoms with Crippen LogP contribution in [-0.4, -0.2) is 25.1 Å². The van der Waals surface area contributed by atoms with Crippen molar-refractivity contribution in [1.29, 1.82) is 0 Å². The summed E-state index contributed by atoms with van der Waals surface area (Å²) in [6.45, 7) is 0. The number of aliphatic hydroxyl groups is 1. The average molecular weight is 361 g/mol. The Kier molecular flexibility index (Phi) is 6.22. The van der Waals surface area contributed by atoms with Crippen LogP contribution >= 0.6 is 19.4 Å². The molecule has 0 radical (unpaired) electrons. The molecular formula is C14H20NO6PS. The highest BCUT2D eigenvalue weighted by Gasteiger charge is 2.32. The fraction of sp³-hybridized carbons (Fsp3) is 0.571. The van der Waals surface area contributed by atoms with Crippen molar-refractivity contribution in [1.82, 2.24) is 0 Å². The lowest BCUT2D eigenvalue weighted by Gasteiger charge is -2.19. The number of nitro groups is 1. The first kappa shape index (κ1) is 18.4. The minimum absolute atomic E-state index is 0.0678.